The third kappa shape index (κ3) is 2.18. The van der Waals surface area contributed by atoms with E-state index in [0.717, 1.165) is 16.8 Å². The molecule has 0 saturated heterocycles. The monoisotopic (exact) mass is 321 g/mol. The maximum Gasteiger partial charge on any atom is 0.206 e. The van der Waals surface area contributed by atoms with Gasteiger partial charge in [0.2, 0.25) is 5.88 Å². The van der Waals surface area contributed by atoms with Gasteiger partial charge in [0.1, 0.15) is 11.6 Å². The average Bonchev–Trinajstić information content (AvgIpc) is 3.23. The summed E-state index contributed by atoms with van der Waals surface area (Å²) in [6, 6.07) is 5.59. The third-order valence-corrected chi connectivity index (χ3v) is 3.94. The molecule has 4 rings (SSSR count). The average molecular weight is 321 g/mol. The molecule has 2 N–H and O–H groups in total. The minimum atomic E-state index is 0.134. The number of hydrogen-bond donors (Lipinski definition) is 2. The standard InChI is InChI=1S/C17H15N5O2/c1-10-5-13(11-6-12(24-2)8-18-7-11)20-14-9-22(17(23)16(10)14)15-3-4-19-21-15/h3-9,23H,1-2H3,(H,19,21). The van der Waals surface area contributed by atoms with Crippen LogP contribution < -0.4 is 4.74 Å². The van der Waals surface area contributed by atoms with Crippen molar-refractivity contribution in [2.75, 3.05) is 7.11 Å². The molecule has 4 aromatic heterocycles. The number of aromatic nitrogens is 5. The van der Waals surface area contributed by atoms with E-state index in [0.29, 0.717) is 22.5 Å². The Bertz CT molecular complexity index is 1020. The second-order valence-electron chi connectivity index (χ2n) is 5.46. The fraction of sp³-hybridized carbons (Fsp3) is 0.118. The summed E-state index contributed by atoms with van der Waals surface area (Å²) < 4.78 is 6.85. The van der Waals surface area contributed by atoms with Crippen molar-refractivity contribution in [3.63, 3.8) is 0 Å². The van der Waals surface area contributed by atoms with Gasteiger partial charge >= 0.3 is 0 Å². The van der Waals surface area contributed by atoms with Crippen LogP contribution in [0.4, 0.5) is 0 Å². The van der Waals surface area contributed by atoms with Crippen molar-refractivity contribution in [2.45, 2.75) is 6.92 Å². The summed E-state index contributed by atoms with van der Waals surface area (Å²) in [5, 5.41) is 18.0. The van der Waals surface area contributed by atoms with Gasteiger partial charge in [-0.05, 0) is 24.6 Å². The van der Waals surface area contributed by atoms with Crippen molar-refractivity contribution in [1.29, 1.82) is 0 Å². The Morgan fingerprint density at radius 1 is 1.25 bits per heavy atom. The second kappa shape index (κ2) is 5.38. The predicted octanol–water partition coefficient (Wildman–Crippen LogP) is 2.83. The fourth-order valence-electron chi connectivity index (χ4n) is 2.77. The van der Waals surface area contributed by atoms with Crippen LogP contribution in [0.15, 0.2) is 43.0 Å². The fourth-order valence-corrected chi connectivity index (χ4v) is 2.77. The SMILES string of the molecule is COc1cncc(-c2cc(C)c3c(O)n(-c4ccn[nH]4)cc3n2)c1. The lowest BCUT2D eigenvalue weighted by molar-refractivity contribution is 0.413. The van der Waals surface area contributed by atoms with Gasteiger partial charge in [-0.15, -0.1) is 0 Å². The molecule has 24 heavy (non-hydrogen) atoms. The Morgan fingerprint density at radius 3 is 2.88 bits per heavy atom. The number of nitrogens with zero attached hydrogens (tertiary/aromatic N) is 4. The molecule has 0 saturated carbocycles. The van der Waals surface area contributed by atoms with E-state index < -0.39 is 0 Å². The largest absolute Gasteiger partial charge is 0.495 e. The normalized spacial score (nSPS) is 11.1. The molecule has 0 amide bonds. The van der Waals surface area contributed by atoms with Crippen molar-refractivity contribution < 1.29 is 9.84 Å². The number of nitrogens with one attached hydrogen (secondary N) is 1. The van der Waals surface area contributed by atoms with Gasteiger partial charge in [-0.1, -0.05) is 0 Å². The van der Waals surface area contributed by atoms with Crippen molar-refractivity contribution in [1.82, 2.24) is 24.7 Å². The van der Waals surface area contributed by atoms with E-state index in [9.17, 15) is 5.11 Å². The van der Waals surface area contributed by atoms with Crippen LogP contribution in [0, 0.1) is 6.92 Å². The molecule has 7 heteroatoms. The summed E-state index contributed by atoms with van der Waals surface area (Å²) in [6.07, 6.45) is 6.80. The molecule has 4 aromatic rings. The summed E-state index contributed by atoms with van der Waals surface area (Å²) in [6.45, 7) is 1.94. The molecule has 0 aromatic carbocycles. The Hall–Kier alpha value is -3.35. The summed E-state index contributed by atoms with van der Waals surface area (Å²) in [5.41, 5.74) is 3.25. The molecule has 0 unspecified atom stereocenters. The van der Waals surface area contributed by atoms with Gasteiger partial charge < -0.3 is 9.84 Å². The zero-order valence-corrected chi connectivity index (χ0v) is 13.2. The second-order valence-corrected chi connectivity index (χ2v) is 5.46. The zero-order chi connectivity index (χ0) is 16.7. The van der Waals surface area contributed by atoms with Gasteiger partial charge in [0, 0.05) is 24.0 Å². The molecule has 0 aliphatic rings. The van der Waals surface area contributed by atoms with Crippen LogP contribution in [0.2, 0.25) is 0 Å². The van der Waals surface area contributed by atoms with Crippen LogP contribution in [-0.4, -0.2) is 36.9 Å². The van der Waals surface area contributed by atoms with Gasteiger partial charge in [-0.25, -0.2) is 4.98 Å². The number of rotatable bonds is 3. The van der Waals surface area contributed by atoms with Crippen molar-refractivity contribution in [2.24, 2.45) is 0 Å². The van der Waals surface area contributed by atoms with Crippen LogP contribution in [0.1, 0.15) is 5.56 Å². The first-order chi connectivity index (χ1) is 11.7. The first-order valence-corrected chi connectivity index (χ1v) is 7.38. The lowest BCUT2D eigenvalue weighted by Gasteiger charge is -2.05. The molecule has 0 spiro atoms. The van der Waals surface area contributed by atoms with Crippen LogP contribution in [-0.2, 0) is 0 Å². The molecule has 0 atom stereocenters. The lowest BCUT2D eigenvalue weighted by Crippen LogP contribution is -1.90. The van der Waals surface area contributed by atoms with Gasteiger partial charge in [0.15, 0.2) is 0 Å². The summed E-state index contributed by atoms with van der Waals surface area (Å²) in [7, 11) is 1.60. The minimum Gasteiger partial charge on any atom is -0.495 e. The topological polar surface area (TPSA) is 88.9 Å². The van der Waals surface area contributed by atoms with Gasteiger partial charge in [-0.3, -0.25) is 14.6 Å². The number of methoxy groups -OCH3 is 1. The molecule has 0 fully saturated rings. The van der Waals surface area contributed by atoms with Crippen molar-refractivity contribution in [3.05, 3.63) is 48.5 Å². The number of aromatic hydroxyl groups is 1. The Kier molecular flexibility index (Phi) is 3.19. The number of hydrogen-bond acceptors (Lipinski definition) is 5. The smallest absolute Gasteiger partial charge is 0.206 e. The minimum absolute atomic E-state index is 0.134. The highest BCUT2D eigenvalue weighted by atomic mass is 16.5. The highest BCUT2D eigenvalue weighted by Crippen LogP contribution is 2.33. The van der Waals surface area contributed by atoms with E-state index in [1.165, 1.54) is 0 Å². The van der Waals surface area contributed by atoms with E-state index in [4.69, 9.17) is 4.74 Å². The predicted molar refractivity (Wildman–Crippen MR) is 89.4 cm³/mol. The number of H-pyrrole nitrogens is 1. The van der Waals surface area contributed by atoms with E-state index in [1.807, 2.05) is 19.1 Å². The molecule has 120 valence electrons. The number of fused-ring (bicyclic) bond motifs is 1. The van der Waals surface area contributed by atoms with E-state index >= 15 is 0 Å². The summed E-state index contributed by atoms with van der Waals surface area (Å²) >= 11 is 0. The van der Waals surface area contributed by atoms with Gasteiger partial charge in [0.05, 0.1) is 36.1 Å². The maximum absolute atomic E-state index is 10.5. The molecular formula is C17H15N5O2. The molecule has 0 aliphatic heterocycles. The molecule has 0 bridgehead atoms. The van der Waals surface area contributed by atoms with Crippen LogP contribution in [0.5, 0.6) is 11.6 Å². The van der Waals surface area contributed by atoms with Gasteiger partial charge in [-0.2, -0.15) is 5.10 Å². The van der Waals surface area contributed by atoms with Crippen molar-refractivity contribution in [3.8, 4) is 28.7 Å². The lowest BCUT2D eigenvalue weighted by atomic mass is 10.1. The molecule has 7 nitrogen and oxygen atoms in total. The Labute approximate surface area is 137 Å². The number of aromatic amines is 1. The maximum atomic E-state index is 10.5. The highest BCUT2D eigenvalue weighted by molar-refractivity contribution is 5.90. The molecular weight excluding hydrogens is 306 g/mol. The van der Waals surface area contributed by atoms with Crippen LogP contribution >= 0.6 is 0 Å². The Balaban J connectivity index is 1.91. The molecule has 0 radical (unpaired) electrons. The van der Waals surface area contributed by atoms with Crippen molar-refractivity contribution >= 4 is 10.9 Å². The number of ether oxygens (including phenoxy) is 1. The van der Waals surface area contributed by atoms with E-state index in [1.54, 1.807) is 42.5 Å². The van der Waals surface area contributed by atoms with Crippen LogP contribution in [0.25, 0.3) is 28.0 Å². The Morgan fingerprint density at radius 2 is 2.12 bits per heavy atom. The zero-order valence-electron chi connectivity index (χ0n) is 13.2. The summed E-state index contributed by atoms with van der Waals surface area (Å²) in [5.74, 6) is 1.48. The quantitative estimate of drug-likeness (QED) is 0.606. The molecule has 4 heterocycles. The number of pyridine rings is 2. The highest BCUT2D eigenvalue weighted by Gasteiger charge is 2.16. The van der Waals surface area contributed by atoms with Crippen LogP contribution in [0.3, 0.4) is 0 Å². The van der Waals surface area contributed by atoms with Gasteiger partial charge in [0.25, 0.3) is 0 Å². The third-order valence-electron chi connectivity index (χ3n) is 3.94. The summed E-state index contributed by atoms with van der Waals surface area (Å²) in [4.78, 5) is 8.83. The van der Waals surface area contributed by atoms with E-state index in [-0.39, 0.29) is 5.88 Å². The van der Waals surface area contributed by atoms with E-state index in [2.05, 4.69) is 20.2 Å². The number of aryl methyl sites for hydroxylation is 1. The first kappa shape index (κ1) is 14.3. The first-order valence-electron chi connectivity index (χ1n) is 7.38. The molecule has 0 aliphatic carbocycles.